The summed E-state index contributed by atoms with van der Waals surface area (Å²) in [6.07, 6.45) is -0.542. The smallest absolute Gasteiger partial charge is 0.408 e. The van der Waals surface area contributed by atoms with Gasteiger partial charge in [0.05, 0.1) is 30.3 Å². The number of carbonyl (C=O) groups excluding carboxylic acids is 2. The Morgan fingerprint density at radius 1 is 1.06 bits per heavy atom. The number of fused-ring (bicyclic) bond motifs is 3. The molecule has 2 heterocycles. The van der Waals surface area contributed by atoms with Gasteiger partial charge in [-0.05, 0) is 38.5 Å². The molecule has 5 N–H and O–H groups in total. The van der Waals surface area contributed by atoms with Crippen molar-refractivity contribution in [2.24, 2.45) is 5.73 Å². The van der Waals surface area contributed by atoms with Crippen molar-refractivity contribution in [2.75, 3.05) is 12.3 Å². The summed E-state index contributed by atoms with van der Waals surface area (Å²) < 4.78 is 13.4. The normalized spacial score (nSPS) is 12.5. The first-order valence-corrected chi connectivity index (χ1v) is 11.7. The van der Waals surface area contributed by atoms with Gasteiger partial charge in [0, 0.05) is 17.3 Å². The van der Waals surface area contributed by atoms with Crippen molar-refractivity contribution >= 4 is 39.8 Å². The Balaban J connectivity index is 1.68. The molecule has 188 valence electrons. The molecule has 0 unspecified atom stereocenters. The third kappa shape index (κ3) is 5.75. The molecule has 2 aromatic carbocycles. The highest BCUT2D eigenvalue weighted by Gasteiger charge is 2.23. The van der Waals surface area contributed by atoms with E-state index in [1.165, 1.54) is 0 Å². The van der Waals surface area contributed by atoms with Crippen molar-refractivity contribution < 1.29 is 19.1 Å². The second kappa shape index (κ2) is 10.2. The van der Waals surface area contributed by atoms with Crippen molar-refractivity contribution in [3.63, 3.8) is 0 Å². The topological polar surface area (TPSA) is 134 Å². The number of aromatic nitrogens is 2. The van der Waals surface area contributed by atoms with Crippen LogP contribution in [0.5, 0.6) is 0 Å². The minimum absolute atomic E-state index is 0.0519. The van der Waals surface area contributed by atoms with Crippen molar-refractivity contribution in [3.8, 4) is 0 Å². The molecule has 2 aromatic heterocycles. The van der Waals surface area contributed by atoms with E-state index in [9.17, 15) is 9.59 Å². The number of nitrogens with one attached hydrogen (secondary N) is 1. The molecule has 2 amide bonds. The minimum Gasteiger partial charge on any atom is -0.444 e. The first-order chi connectivity index (χ1) is 17.1. The van der Waals surface area contributed by atoms with Crippen molar-refractivity contribution in [1.82, 2.24) is 14.9 Å². The van der Waals surface area contributed by atoms with Gasteiger partial charge >= 0.3 is 6.09 Å². The number of rotatable bonds is 8. The molecule has 0 fully saturated rings. The fourth-order valence-corrected chi connectivity index (χ4v) is 4.08. The maximum absolute atomic E-state index is 12.6. The molecule has 0 aliphatic heterocycles. The Kier molecular flexibility index (Phi) is 7.12. The lowest BCUT2D eigenvalue weighted by molar-refractivity contribution is 0.0416. The predicted molar refractivity (Wildman–Crippen MR) is 139 cm³/mol. The first kappa shape index (κ1) is 25.0. The maximum atomic E-state index is 12.6. The molecule has 0 radical (unpaired) electrons. The average Bonchev–Trinajstić information content (AvgIpc) is 3.10. The third-order valence-electron chi connectivity index (χ3n) is 5.59. The fraction of sp³-hybridized carbons (Fsp3) is 0.296. The highest BCUT2D eigenvalue weighted by atomic mass is 16.6. The number of para-hydroxylation sites is 1. The van der Waals surface area contributed by atoms with E-state index >= 15 is 0 Å². The first-order valence-electron chi connectivity index (χ1n) is 11.7. The number of nitrogens with two attached hydrogens (primary N) is 2. The van der Waals surface area contributed by atoms with E-state index < -0.39 is 23.6 Å². The number of nitrogen functional groups attached to an aromatic ring is 1. The van der Waals surface area contributed by atoms with E-state index in [2.05, 4.69) is 10.3 Å². The number of benzene rings is 2. The molecule has 9 heteroatoms. The summed E-state index contributed by atoms with van der Waals surface area (Å²) in [5.74, 6) is -0.589. The number of primary amides is 1. The van der Waals surface area contributed by atoms with Gasteiger partial charge in [0.1, 0.15) is 17.1 Å². The third-order valence-corrected chi connectivity index (χ3v) is 5.59. The Morgan fingerprint density at radius 3 is 2.44 bits per heavy atom. The van der Waals surface area contributed by atoms with E-state index in [1.54, 1.807) is 6.07 Å². The zero-order chi connectivity index (χ0) is 25.9. The molecule has 0 aliphatic rings. The molecular formula is C27H31N5O4. The van der Waals surface area contributed by atoms with Crippen LogP contribution in [0.3, 0.4) is 0 Å². The van der Waals surface area contributed by atoms with Crippen LogP contribution in [0.1, 0.15) is 36.7 Å². The number of alkyl carbamates (subject to hydrolysis) is 1. The molecule has 4 aromatic rings. The number of amides is 2. The van der Waals surface area contributed by atoms with Crippen LogP contribution in [0.15, 0.2) is 60.7 Å². The number of hydrogen-bond acceptors (Lipinski definition) is 6. The second-order valence-corrected chi connectivity index (χ2v) is 9.63. The van der Waals surface area contributed by atoms with E-state index in [0.717, 1.165) is 21.9 Å². The molecule has 0 saturated carbocycles. The van der Waals surface area contributed by atoms with Gasteiger partial charge in [-0.1, -0.05) is 48.5 Å². The number of nitrogens with zero attached hydrogens (tertiary/aromatic N) is 2. The van der Waals surface area contributed by atoms with Gasteiger partial charge in [-0.15, -0.1) is 0 Å². The lowest BCUT2D eigenvalue weighted by Crippen LogP contribution is -2.43. The number of ether oxygens (including phenoxy) is 2. The Labute approximate surface area is 209 Å². The average molecular weight is 490 g/mol. The van der Waals surface area contributed by atoms with Gasteiger partial charge in [0.15, 0.2) is 0 Å². The number of anilines is 1. The molecule has 0 spiro atoms. The van der Waals surface area contributed by atoms with Crippen molar-refractivity contribution in [2.45, 2.75) is 45.6 Å². The van der Waals surface area contributed by atoms with Gasteiger partial charge in [0.25, 0.3) is 5.91 Å². The van der Waals surface area contributed by atoms with Crippen LogP contribution in [0.25, 0.3) is 21.9 Å². The second-order valence-electron chi connectivity index (χ2n) is 9.63. The van der Waals surface area contributed by atoms with Crippen LogP contribution in [0.4, 0.5) is 10.6 Å². The molecule has 9 nitrogen and oxygen atoms in total. The molecule has 0 bridgehead atoms. The van der Waals surface area contributed by atoms with Crippen LogP contribution in [0.2, 0.25) is 0 Å². The molecule has 36 heavy (non-hydrogen) atoms. The monoisotopic (exact) mass is 489 g/mol. The van der Waals surface area contributed by atoms with Crippen LogP contribution < -0.4 is 16.8 Å². The van der Waals surface area contributed by atoms with Gasteiger partial charge in [-0.2, -0.15) is 0 Å². The van der Waals surface area contributed by atoms with Gasteiger partial charge in [-0.25, -0.2) is 9.78 Å². The molecule has 1 atom stereocenters. The zero-order valence-corrected chi connectivity index (χ0v) is 20.7. The maximum Gasteiger partial charge on any atom is 0.408 e. The van der Waals surface area contributed by atoms with E-state index in [1.807, 2.05) is 79.9 Å². The Morgan fingerprint density at radius 2 is 1.75 bits per heavy atom. The number of hydrogen-bond donors (Lipinski definition) is 3. The molecular weight excluding hydrogens is 458 g/mol. The molecule has 0 saturated heterocycles. The van der Waals surface area contributed by atoms with Crippen molar-refractivity contribution in [3.05, 3.63) is 71.8 Å². The van der Waals surface area contributed by atoms with Crippen LogP contribution in [0, 0.1) is 0 Å². The summed E-state index contributed by atoms with van der Waals surface area (Å²) in [6.45, 7) is 6.39. The lowest BCUT2D eigenvalue weighted by atomic mass is 10.1. The van der Waals surface area contributed by atoms with E-state index in [4.69, 9.17) is 20.9 Å². The molecule has 4 rings (SSSR count). The number of pyridine rings is 1. The van der Waals surface area contributed by atoms with E-state index in [-0.39, 0.29) is 18.0 Å². The predicted octanol–water partition coefficient (Wildman–Crippen LogP) is 3.98. The highest BCUT2D eigenvalue weighted by Crippen LogP contribution is 2.30. The van der Waals surface area contributed by atoms with Crippen LogP contribution >= 0.6 is 0 Å². The Hall–Kier alpha value is -4.11. The summed E-state index contributed by atoms with van der Waals surface area (Å²) >= 11 is 0. The van der Waals surface area contributed by atoms with Gasteiger partial charge in [-0.3, -0.25) is 4.79 Å². The standard InChI is InChI=1S/C27H31N5O4/c1-27(2,3)36-26(34)30-18(16-35-15-17-9-5-4-6-10-17)14-32-22-12-8-7-11-19(22)20-13-21(24(29)33)23(28)31-25(20)32/h4-13,18H,14-16H2,1-3H3,(H2,28,31)(H2,29,33)(H,30,34)/t18-/m1/s1. The minimum atomic E-state index is -0.645. The summed E-state index contributed by atoms with van der Waals surface area (Å²) in [6, 6.07) is 18.7. The van der Waals surface area contributed by atoms with Gasteiger partial charge < -0.3 is 30.8 Å². The summed E-state index contributed by atoms with van der Waals surface area (Å²) in [5, 5.41) is 4.57. The van der Waals surface area contributed by atoms with Crippen LogP contribution in [-0.4, -0.2) is 39.8 Å². The largest absolute Gasteiger partial charge is 0.444 e. The molecule has 0 aliphatic carbocycles. The summed E-state index contributed by atoms with van der Waals surface area (Å²) in [4.78, 5) is 29.0. The number of carbonyl (C=O) groups is 2. The fourth-order valence-electron chi connectivity index (χ4n) is 4.08. The highest BCUT2D eigenvalue weighted by molar-refractivity contribution is 6.10. The van der Waals surface area contributed by atoms with Crippen LogP contribution in [-0.2, 0) is 22.6 Å². The zero-order valence-electron chi connectivity index (χ0n) is 20.7. The quantitative estimate of drug-likeness (QED) is 0.343. The van der Waals surface area contributed by atoms with Gasteiger partial charge in [0.2, 0.25) is 0 Å². The Bertz CT molecular complexity index is 1390. The SMILES string of the molecule is CC(C)(C)OC(=O)N[C@@H](COCc1ccccc1)Cn1c2ccccc2c2cc(C(N)=O)c(N)nc21. The summed E-state index contributed by atoms with van der Waals surface area (Å²) in [5.41, 5.74) is 13.6. The van der Waals surface area contributed by atoms with Crippen molar-refractivity contribution in [1.29, 1.82) is 0 Å². The lowest BCUT2D eigenvalue weighted by Gasteiger charge is -2.24. The summed E-state index contributed by atoms with van der Waals surface area (Å²) in [7, 11) is 0. The van der Waals surface area contributed by atoms with E-state index in [0.29, 0.717) is 18.8 Å².